The van der Waals surface area contributed by atoms with E-state index in [9.17, 15) is 12.8 Å². The highest BCUT2D eigenvalue weighted by Crippen LogP contribution is 2.12. The molecule has 0 bridgehead atoms. The van der Waals surface area contributed by atoms with Gasteiger partial charge in [0.1, 0.15) is 10.7 Å². The summed E-state index contributed by atoms with van der Waals surface area (Å²) in [5, 5.41) is 0. The molecule has 1 N–H and O–H groups in total. The quantitative estimate of drug-likeness (QED) is 0.757. The molecule has 0 unspecified atom stereocenters. The molecule has 6 heteroatoms. The van der Waals surface area contributed by atoms with Gasteiger partial charge in [0.05, 0.1) is 0 Å². The predicted molar refractivity (Wildman–Crippen MR) is 62.7 cm³/mol. The first-order chi connectivity index (χ1) is 8.08. The molecule has 0 aliphatic carbocycles. The van der Waals surface area contributed by atoms with Crippen LogP contribution in [0.2, 0.25) is 0 Å². The minimum absolute atomic E-state index is 0.278. The number of sulfonamides is 1. The fraction of sp³-hybridized carbons (Fsp3) is 0.455. The van der Waals surface area contributed by atoms with Crippen LogP contribution in [0.3, 0.4) is 0 Å². The molecule has 0 saturated carbocycles. The van der Waals surface area contributed by atoms with Crippen molar-refractivity contribution in [3.05, 3.63) is 30.1 Å². The third-order valence-electron chi connectivity index (χ3n) is 2.19. The van der Waals surface area contributed by atoms with Gasteiger partial charge in [-0.2, -0.15) is 0 Å². The molecule has 17 heavy (non-hydrogen) atoms. The maximum absolute atomic E-state index is 13.3. The van der Waals surface area contributed by atoms with Gasteiger partial charge in [-0.15, -0.1) is 0 Å². The third-order valence-corrected chi connectivity index (χ3v) is 3.69. The Kier molecular flexibility index (Phi) is 5.54. The van der Waals surface area contributed by atoms with Crippen molar-refractivity contribution in [2.75, 3.05) is 20.3 Å². The summed E-state index contributed by atoms with van der Waals surface area (Å²) < 4.78 is 43.9. The molecule has 1 rings (SSSR count). The van der Waals surface area contributed by atoms with E-state index in [1.165, 1.54) is 18.2 Å². The maximum atomic E-state index is 13.3. The van der Waals surface area contributed by atoms with Crippen molar-refractivity contribution in [2.24, 2.45) is 0 Å². The molecule has 1 aromatic rings. The van der Waals surface area contributed by atoms with E-state index in [0.29, 0.717) is 13.0 Å². The number of hydrogen-bond donors (Lipinski definition) is 1. The number of rotatable bonds is 7. The number of benzene rings is 1. The average molecular weight is 261 g/mol. The topological polar surface area (TPSA) is 55.4 Å². The van der Waals surface area contributed by atoms with Gasteiger partial charge in [-0.25, -0.2) is 17.5 Å². The number of unbranched alkanes of at least 4 members (excludes halogenated alkanes) is 1. The van der Waals surface area contributed by atoms with Crippen molar-refractivity contribution < 1.29 is 17.5 Å². The van der Waals surface area contributed by atoms with Crippen LogP contribution in [0, 0.1) is 5.82 Å². The normalized spacial score (nSPS) is 11.6. The van der Waals surface area contributed by atoms with E-state index in [-0.39, 0.29) is 11.4 Å². The molecule has 4 nitrogen and oxygen atoms in total. The first-order valence-electron chi connectivity index (χ1n) is 5.31. The molecular weight excluding hydrogens is 245 g/mol. The molecule has 0 aliphatic heterocycles. The van der Waals surface area contributed by atoms with Gasteiger partial charge in [0.2, 0.25) is 10.0 Å². The maximum Gasteiger partial charge on any atom is 0.243 e. The van der Waals surface area contributed by atoms with Crippen molar-refractivity contribution in [1.82, 2.24) is 4.72 Å². The van der Waals surface area contributed by atoms with Gasteiger partial charge < -0.3 is 4.74 Å². The summed E-state index contributed by atoms with van der Waals surface area (Å²) in [6, 6.07) is 5.31. The molecule has 0 aromatic heterocycles. The lowest BCUT2D eigenvalue weighted by Crippen LogP contribution is -2.25. The average Bonchev–Trinajstić information content (AvgIpc) is 2.29. The lowest BCUT2D eigenvalue weighted by molar-refractivity contribution is 0.193. The van der Waals surface area contributed by atoms with Crippen LogP contribution in [0.15, 0.2) is 29.2 Å². The zero-order chi connectivity index (χ0) is 12.7. The van der Waals surface area contributed by atoms with Gasteiger partial charge in [0, 0.05) is 20.3 Å². The summed E-state index contributed by atoms with van der Waals surface area (Å²) in [4.78, 5) is -0.313. The highest BCUT2D eigenvalue weighted by molar-refractivity contribution is 7.89. The van der Waals surface area contributed by atoms with Crippen molar-refractivity contribution in [1.29, 1.82) is 0 Å². The molecule has 0 radical (unpaired) electrons. The number of hydrogen-bond acceptors (Lipinski definition) is 3. The van der Waals surface area contributed by atoms with Gasteiger partial charge >= 0.3 is 0 Å². The third kappa shape index (κ3) is 4.41. The van der Waals surface area contributed by atoms with Crippen LogP contribution in [0.25, 0.3) is 0 Å². The molecule has 0 aliphatic rings. The van der Waals surface area contributed by atoms with Crippen LogP contribution < -0.4 is 4.72 Å². The summed E-state index contributed by atoms with van der Waals surface area (Å²) >= 11 is 0. The fourth-order valence-electron chi connectivity index (χ4n) is 1.32. The Balaban J connectivity index is 2.55. The molecular formula is C11H16FNO3S. The standard InChI is InChI=1S/C11H16FNO3S/c1-16-9-5-4-8-13-17(14,15)11-7-3-2-6-10(11)12/h2-3,6-7,13H,4-5,8-9H2,1H3. The summed E-state index contributed by atoms with van der Waals surface area (Å²) in [6.45, 7) is 0.863. The Morgan fingerprint density at radius 2 is 2.00 bits per heavy atom. The van der Waals surface area contributed by atoms with Gasteiger partial charge in [-0.3, -0.25) is 0 Å². The molecule has 0 saturated heterocycles. The number of methoxy groups -OCH3 is 1. The summed E-state index contributed by atoms with van der Waals surface area (Å²) in [5.41, 5.74) is 0. The highest BCUT2D eigenvalue weighted by Gasteiger charge is 2.17. The first-order valence-corrected chi connectivity index (χ1v) is 6.79. The second kappa shape index (κ2) is 6.68. The fourth-order valence-corrected chi connectivity index (χ4v) is 2.47. The molecule has 0 atom stereocenters. The number of ether oxygens (including phenoxy) is 1. The monoisotopic (exact) mass is 261 g/mol. The van der Waals surface area contributed by atoms with Crippen LogP contribution in [-0.4, -0.2) is 28.7 Å². The largest absolute Gasteiger partial charge is 0.385 e. The minimum atomic E-state index is -3.74. The zero-order valence-corrected chi connectivity index (χ0v) is 10.5. The Bertz CT molecular complexity index is 448. The van der Waals surface area contributed by atoms with Crippen LogP contribution in [0.4, 0.5) is 4.39 Å². The predicted octanol–water partition coefficient (Wildman–Crippen LogP) is 1.53. The van der Waals surface area contributed by atoms with Crippen molar-refractivity contribution in [2.45, 2.75) is 17.7 Å². The molecule has 1 aromatic carbocycles. The number of nitrogens with one attached hydrogen (secondary N) is 1. The smallest absolute Gasteiger partial charge is 0.243 e. The molecule has 96 valence electrons. The van der Waals surface area contributed by atoms with E-state index in [2.05, 4.69) is 4.72 Å². The minimum Gasteiger partial charge on any atom is -0.385 e. The summed E-state index contributed by atoms with van der Waals surface area (Å²) in [5.74, 6) is -0.739. The Hall–Kier alpha value is -0.980. The van der Waals surface area contributed by atoms with Crippen LogP contribution in [-0.2, 0) is 14.8 Å². The van der Waals surface area contributed by atoms with Gasteiger partial charge in [-0.1, -0.05) is 12.1 Å². The zero-order valence-electron chi connectivity index (χ0n) is 9.65. The van der Waals surface area contributed by atoms with E-state index in [1.54, 1.807) is 7.11 Å². The lowest BCUT2D eigenvalue weighted by Gasteiger charge is -2.07. The van der Waals surface area contributed by atoms with E-state index in [0.717, 1.165) is 12.5 Å². The molecule has 0 heterocycles. The lowest BCUT2D eigenvalue weighted by atomic mass is 10.3. The Morgan fingerprint density at radius 1 is 1.29 bits per heavy atom. The van der Waals surface area contributed by atoms with Crippen LogP contribution >= 0.6 is 0 Å². The molecule has 0 fully saturated rings. The van der Waals surface area contributed by atoms with Crippen molar-refractivity contribution >= 4 is 10.0 Å². The van der Waals surface area contributed by atoms with E-state index in [4.69, 9.17) is 4.74 Å². The molecule has 0 amide bonds. The second-order valence-corrected chi connectivity index (χ2v) is 5.26. The van der Waals surface area contributed by atoms with Crippen molar-refractivity contribution in [3.8, 4) is 0 Å². The van der Waals surface area contributed by atoms with E-state index < -0.39 is 15.8 Å². The number of halogens is 1. The highest BCUT2D eigenvalue weighted by atomic mass is 32.2. The second-order valence-electron chi connectivity index (χ2n) is 3.53. The summed E-state index contributed by atoms with van der Waals surface area (Å²) in [7, 11) is -2.16. The Morgan fingerprint density at radius 3 is 2.65 bits per heavy atom. The first kappa shape index (κ1) is 14.1. The van der Waals surface area contributed by atoms with Gasteiger partial charge in [0.25, 0.3) is 0 Å². The van der Waals surface area contributed by atoms with Gasteiger partial charge in [-0.05, 0) is 25.0 Å². The SMILES string of the molecule is COCCCCNS(=O)(=O)c1ccccc1F. The van der Waals surface area contributed by atoms with Crippen molar-refractivity contribution in [3.63, 3.8) is 0 Å². The van der Waals surface area contributed by atoms with E-state index in [1.807, 2.05) is 0 Å². The van der Waals surface area contributed by atoms with Crippen LogP contribution in [0.1, 0.15) is 12.8 Å². The van der Waals surface area contributed by atoms with Gasteiger partial charge in [0.15, 0.2) is 0 Å². The van der Waals surface area contributed by atoms with E-state index >= 15 is 0 Å². The Labute approximate surface area is 101 Å². The van der Waals surface area contributed by atoms with Crippen LogP contribution in [0.5, 0.6) is 0 Å². The molecule has 0 spiro atoms. The summed E-state index contributed by atoms with van der Waals surface area (Å²) in [6.07, 6.45) is 1.41.